The molecule has 0 spiro atoms. The maximum absolute atomic E-state index is 11.7. The van der Waals surface area contributed by atoms with Crippen molar-refractivity contribution in [1.29, 1.82) is 0 Å². The first kappa shape index (κ1) is 22.2. The lowest BCUT2D eigenvalue weighted by Crippen LogP contribution is -2.43. The van der Waals surface area contributed by atoms with Gasteiger partial charge in [0.15, 0.2) is 5.96 Å². The molecule has 3 N–H and O–H groups in total. The Morgan fingerprint density at radius 2 is 1.88 bits per heavy atom. The number of halogens is 1. The third kappa shape index (κ3) is 7.91. The van der Waals surface area contributed by atoms with Crippen molar-refractivity contribution in [3.63, 3.8) is 0 Å². The van der Waals surface area contributed by atoms with E-state index in [2.05, 4.69) is 20.3 Å². The Kier molecular flexibility index (Phi) is 9.73. The van der Waals surface area contributed by atoms with Crippen molar-refractivity contribution >= 4 is 40.0 Å². The minimum absolute atomic E-state index is 0. The van der Waals surface area contributed by atoms with Gasteiger partial charge in [0.1, 0.15) is 0 Å². The number of guanidine groups is 1. The molecule has 0 heterocycles. The second-order valence-corrected chi connectivity index (χ2v) is 8.11. The van der Waals surface area contributed by atoms with E-state index in [1.54, 1.807) is 7.05 Å². The summed E-state index contributed by atoms with van der Waals surface area (Å²) in [5, 5.41) is 6.78. The van der Waals surface area contributed by atoms with E-state index in [0.717, 1.165) is 17.1 Å². The van der Waals surface area contributed by atoms with Crippen LogP contribution < -0.4 is 15.4 Å². The highest BCUT2D eigenvalue weighted by Gasteiger charge is 2.14. The molecule has 1 aromatic rings. The van der Waals surface area contributed by atoms with E-state index in [-0.39, 0.29) is 29.7 Å². The molecule has 1 saturated carbocycles. The molecule has 0 atom stereocenters. The lowest BCUT2D eigenvalue weighted by molar-refractivity contribution is 0.410. The molecule has 0 radical (unpaired) electrons. The van der Waals surface area contributed by atoms with E-state index in [4.69, 9.17) is 0 Å². The SMILES string of the molecule is CN=C(NCc1cccc(CS(=O)(=O)NC)c1)NC1CCCCC1.I. The van der Waals surface area contributed by atoms with Crippen LogP contribution in [0.15, 0.2) is 29.3 Å². The Morgan fingerprint density at radius 3 is 2.52 bits per heavy atom. The van der Waals surface area contributed by atoms with Crippen LogP contribution in [-0.4, -0.2) is 34.5 Å². The van der Waals surface area contributed by atoms with E-state index in [1.165, 1.54) is 39.2 Å². The van der Waals surface area contributed by atoms with Crippen LogP contribution in [0.5, 0.6) is 0 Å². The maximum atomic E-state index is 11.7. The summed E-state index contributed by atoms with van der Waals surface area (Å²) >= 11 is 0. The highest BCUT2D eigenvalue weighted by molar-refractivity contribution is 14.0. The molecule has 8 heteroatoms. The van der Waals surface area contributed by atoms with Crippen molar-refractivity contribution in [2.24, 2.45) is 4.99 Å². The van der Waals surface area contributed by atoms with E-state index in [1.807, 2.05) is 24.3 Å². The number of hydrogen-bond acceptors (Lipinski definition) is 3. The quantitative estimate of drug-likeness (QED) is 0.332. The number of benzene rings is 1. The minimum atomic E-state index is -3.25. The molecule has 1 aliphatic rings. The highest BCUT2D eigenvalue weighted by atomic mass is 127. The molecular weight excluding hydrogens is 451 g/mol. The smallest absolute Gasteiger partial charge is 0.215 e. The van der Waals surface area contributed by atoms with Gasteiger partial charge in [-0.3, -0.25) is 4.99 Å². The summed E-state index contributed by atoms with van der Waals surface area (Å²) in [6.45, 7) is 0.611. The van der Waals surface area contributed by atoms with Crippen LogP contribution in [0.4, 0.5) is 0 Å². The summed E-state index contributed by atoms with van der Waals surface area (Å²) in [5.41, 5.74) is 1.81. The van der Waals surface area contributed by atoms with Crippen LogP contribution in [0.25, 0.3) is 0 Å². The van der Waals surface area contributed by atoms with E-state index >= 15 is 0 Å². The lowest BCUT2D eigenvalue weighted by atomic mass is 9.96. The highest BCUT2D eigenvalue weighted by Crippen LogP contribution is 2.17. The van der Waals surface area contributed by atoms with Gasteiger partial charge in [-0.25, -0.2) is 13.1 Å². The summed E-state index contributed by atoms with van der Waals surface area (Å²) in [4.78, 5) is 4.28. The predicted molar refractivity (Wildman–Crippen MR) is 114 cm³/mol. The number of hydrogen-bond donors (Lipinski definition) is 3. The first-order chi connectivity index (χ1) is 11.5. The van der Waals surface area contributed by atoms with Gasteiger partial charge in [-0.15, -0.1) is 24.0 Å². The molecule has 1 aliphatic carbocycles. The molecule has 0 amide bonds. The monoisotopic (exact) mass is 480 g/mol. The van der Waals surface area contributed by atoms with Gasteiger partial charge in [0.05, 0.1) is 5.75 Å². The molecule has 142 valence electrons. The van der Waals surface area contributed by atoms with Gasteiger partial charge in [0.2, 0.25) is 10.0 Å². The van der Waals surface area contributed by atoms with Crippen molar-refractivity contribution in [1.82, 2.24) is 15.4 Å². The number of sulfonamides is 1. The predicted octanol–water partition coefficient (Wildman–Crippen LogP) is 2.35. The van der Waals surface area contributed by atoms with Gasteiger partial charge in [0, 0.05) is 19.6 Å². The fourth-order valence-corrected chi connectivity index (χ4v) is 3.70. The average Bonchev–Trinajstić information content (AvgIpc) is 2.59. The van der Waals surface area contributed by atoms with E-state index in [9.17, 15) is 8.42 Å². The maximum Gasteiger partial charge on any atom is 0.215 e. The van der Waals surface area contributed by atoms with Crippen LogP contribution in [0, 0.1) is 0 Å². The average molecular weight is 480 g/mol. The second-order valence-electron chi connectivity index (χ2n) is 6.19. The first-order valence-electron chi connectivity index (χ1n) is 8.48. The fourth-order valence-electron chi connectivity index (χ4n) is 2.94. The Labute approximate surface area is 168 Å². The van der Waals surface area contributed by atoms with Gasteiger partial charge in [-0.2, -0.15) is 0 Å². The molecule has 0 saturated heterocycles. The standard InChI is InChI=1S/C17H28N4O2S.HI/c1-18-17(21-16-9-4-3-5-10-16)20-12-14-7-6-8-15(11-14)13-24(22,23)19-2;/h6-8,11,16,19H,3-5,9-10,12-13H2,1-2H3,(H2,18,20,21);1H. The zero-order chi connectivity index (χ0) is 17.4. The van der Waals surface area contributed by atoms with Crippen molar-refractivity contribution < 1.29 is 8.42 Å². The van der Waals surface area contributed by atoms with Gasteiger partial charge >= 0.3 is 0 Å². The van der Waals surface area contributed by atoms with Crippen LogP contribution in [0.2, 0.25) is 0 Å². The Balaban J connectivity index is 0.00000312. The first-order valence-corrected chi connectivity index (χ1v) is 10.1. The molecule has 0 unspecified atom stereocenters. The van der Waals surface area contributed by atoms with Crippen molar-refractivity contribution in [3.05, 3.63) is 35.4 Å². The zero-order valence-electron chi connectivity index (χ0n) is 14.9. The third-order valence-electron chi connectivity index (χ3n) is 4.29. The van der Waals surface area contributed by atoms with Gasteiger partial charge in [-0.1, -0.05) is 43.5 Å². The fraction of sp³-hybridized carbons (Fsp3) is 0.588. The molecule has 1 aromatic carbocycles. The summed E-state index contributed by atoms with van der Waals surface area (Å²) in [6, 6.07) is 8.10. The topological polar surface area (TPSA) is 82.6 Å². The number of nitrogens with zero attached hydrogens (tertiary/aromatic N) is 1. The number of nitrogens with one attached hydrogen (secondary N) is 3. The molecule has 0 aliphatic heterocycles. The van der Waals surface area contributed by atoms with Crippen LogP contribution in [0.1, 0.15) is 43.2 Å². The molecule has 6 nitrogen and oxygen atoms in total. The van der Waals surface area contributed by atoms with Crippen LogP contribution >= 0.6 is 24.0 Å². The van der Waals surface area contributed by atoms with Crippen molar-refractivity contribution in [2.45, 2.75) is 50.4 Å². The third-order valence-corrected chi connectivity index (χ3v) is 5.62. The van der Waals surface area contributed by atoms with Crippen LogP contribution in [-0.2, 0) is 22.3 Å². The Bertz CT molecular complexity index is 658. The number of aliphatic imine (C=N–C) groups is 1. The second kappa shape index (κ2) is 11.0. The lowest BCUT2D eigenvalue weighted by Gasteiger charge is -2.25. The zero-order valence-corrected chi connectivity index (χ0v) is 18.1. The van der Waals surface area contributed by atoms with Crippen molar-refractivity contribution in [2.75, 3.05) is 14.1 Å². The van der Waals surface area contributed by atoms with E-state index < -0.39 is 10.0 Å². The molecule has 25 heavy (non-hydrogen) atoms. The minimum Gasteiger partial charge on any atom is -0.354 e. The van der Waals surface area contributed by atoms with Crippen molar-refractivity contribution in [3.8, 4) is 0 Å². The van der Waals surface area contributed by atoms with Gasteiger partial charge in [-0.05, 0) is 31.0 Å². The largest absolute Gasteiger partial charge is 0.354 e. The molecule has 1 fully saturated rings. The summed E-state index contributed by atoms with van der Waals surface area (Å²) in [6.07, 6.45) is 6.26. The Hall–Kier alpha value is -0.870. The molecule has 0 aromatic heterocycles. The molecule has 0 bridgehead atoms. The summed E-state index contributed by atoms with van der Waals surface area (Å²) < 4.78 is 25.7. The summed E-state index contributed by atoms with van der Waals surface area (Å²) in [7, 11) is -0.0468. The summed E-state index contributed by atoms with van der Waals surface area (Å²) in [5.74, 6) is 0.794. The Morgan fingerprint density at radius 1 is 1.20 bits per heavy atom. The normalized spacial score (nSPS) is 16.2. The van der Waals surface area contributed by atoms with Gasteiger partial charge < -0.3 is 10.6 Å². The van der Waals surface area contributed by atoms with Gasteiger partial charge in [0.25, 0.3) is 0 Å². The number of rotatable bonds is 6. The molecular formula is C17H29IN4O2S. The van der Waals surface area contributed by atoms with Crippen LogP contribution in [0.3, 0.4) is 0 Å². The molecule has 2 rings (SSSR count). The van der Waals surface area contributed by atoms with E-state index in [0.29, 0.717) is 12.6 Å².